The van der Waals surface area contributed by atoms with Gasteiger partial charge in [-0.15, -0.1) is 6.42 Å². The number of rotatable bonds is 7. The third kappa shape index (κ3) is 4.45. The number of carbonyl (C=O) groups is 2. The van der Waals surface area contributed by atoms with Gasteiger partial charge in [-0.1, -0.05) is 12.3 Å². The molecule has 1 aliphatic rings. The molecule has 0 spiro atoms. The van der Waals surface area contributed by atoms with Crippen molar-refractivity contribution in [2.24, 2.45) is 5.41 Å². The zero-order valence-corrected chi connectivity index (χ0v) is 9.79. The summed E-state index contributed by atoms with van der Waals surface area (Å²) in [6.45, 7) is 0.969. The average Bonchev–Trinajstić information content (AvgIpc) is 2.22. The first kappa shape index (κ1) is 13.5. The molecule has 0 bridgehead atoms. The summed E-state index contributed by atoms with van der Waals surface area (Å²) in [5.74, 6) is 1.43. The summed E-state index contributed by atoms with van der Waals surface area (Å²) in [6, 6.07) is 0. The molecule has 1 rings (SSSR count). The highest BCUT2D eigenvalue weighted by Crippen LogP contribution is 2.43. The van der Waals surface area contributed by atoms with E-state index in [2.05, 4.69) is 16.6 Å². The second-order valence-corrected chi connectivity index (χ2v) is 4.51. The molecule has 1 amide bonds. The van der Waals surface area contributed by atoms with Crippen LogP contribution in [-0.2, 0) is 9.59 Å². The van der Waals surface area contributed by atoms with Crippen molar-refractivity contribution in [3.8, 4) is 12.3 Å². The number of hydrogen-bond acceptors (Lipinski definition) is 3. The van der Waals surface area contributed by atoms with Crippen LogP contribution in [0.25, 0.3) is 0 Å². The SMILES string of the molecule is C#CCNCC(=O)NCC1(CC(=O)O)CCC1. The zero-order valence-electron chi connectivity index (χ0n) is 9.79. The van der Waals surface area contributed by atoms with Crippen molar-refractivity contribution in [3.63, 3.8) is 0 Å². The first-order valence-electron chi connectivity index (χ1n) is 5.71. The maximum atomic E-state index is 11.4. The van der Waals surface area contributed by atoms with Crippen molar-refractivity contribution in [3.05, 3.63) is 0 Å². The lowest BCUT2D eigenvalue weighted by molar-refractivity contribution is -0.141. The monoisotopic (exact) mass is 238 g/mol. The van der Waals surface area contributed by atoms with E-state index in [1.165, 1.54) is 0 Å². The van der Waals surface area contributed by atoms with Crippen molar-refractivity contribution in [1.29, 1.82) is 0 Å². The molecule has 5 nitrogen and oxygen atoms in total. The maximum absolute atomic E-state index is 11.4. The molecular formula is C12H18N2O3. The fourth-order valence-corrected chi connectivity index (χ4v) is 2.01. The van der Waals surface area contributed by atoms with Gasteiger partial charge in [0.25, 0.3) is 0 Å². The first-order chi connectivity index (χ1) is 8.08. The lowest BCUT2D eigenvalue weighted by Gasteiger charge is -2.40. The molecule has 1 fully saturated rings. The molecule has 0 aliphatic heterocycles. The third-order valence-corrected chi connectivity index (χ3v) is 3.11. The van der Waals surface area contributed by atoms with Crippen LogP contribution in [0.1, 0.15) is 25.7 Å². The van der Waals surface area contributed by atoms with Gasteiger partial charge in [-0.3, -0.25) is 14.9 Å². The smallest absolute Gasteiger partial charge is 0.303 e. The molecule has 1 saturated carbocycles. The fourth-order valence-electron chi connectivity index (χ4n) is 2.01. The van der Waals surface area contributed by atoms with Crippen molar-refractivity contribution < 1.29 is 14.7 Å². The van der Waals surface area contributed by atoms with E-state index in [-0.39, 0.29) is 24.3 Å². The van der Waals surface area contributed by atoms with Crippen molar-refractivity contribution in [2.45, 2.75) is 25.7 Å². The van der Waals surface area contributed by atoms with Gasteiger partial charge in [0, 0.05) is 6.54 Å². The highest BCUT2D eigenvalue weighted by Gasteiger charge is 2.39. The van der Waals surface area contributed by atoms with Gasteiger partial charge >= 0.3 is 5.97 Å². The predicted molar refractivity (Wildman–Crippen MR) is 63.2 cm³/mol. The highest BCUT2D eigenvalue weighted by molar-refractivity contribution is 5.78. The van der Waals surface area contributed by atoms with Crippen molar-refractivity contribution in [1.82, 2.24) is 10.6 Å². The van der Waals surface area contributed by atoms with Crippen LogP contribution in [0.4, 0.5) is 0 Å². The predicted octanol–water partition coefficient (Wildman–Crippen LogP) is -0.0296. The number of terminal acetylenes is 1. The Labute approximate surface area is 101 Å². The number of carboxylic acid groups (broad SMARTS) is 1. The standard InChI is InChI=1S/C12H18N2O3/c1-2-6-13-8-10(15)14-9-12(4-3-5-12)7-11(16)17/h1,13H,3-9H2,(H,14,15)(H,16,17). The van der Waals surface area contributed by atoms with Gasteiger partial charge in [-0.25, -0.2) is 0 Å². The normalized spacial score (nSPS) is 16.6. The number of nitrogens with one attached hydrogen (secondary N) is 2. The van der Waals surface area contributed by atoms with Gasteiger partial charge in [0.15, 0.2) is 0 Å². The molecular weight excluding hydrogens is 220 g/mol. The summed E-state index contributed by atoms with van der Waals surface area (Å²) in [5.41, 5.74) is -0.229. The van der Waals surface area contributed by atoms with Crippen LogP contribution in [-0.4, -0.2) is 36.6 Å². The summed E-state index contributed by atoms with van der Waals surface area (Å²) >= 11 is 0. The van der Waals surface area contributed by atoms with Gasteiger partial charge in [-0.2, -0.15) is 0 Å². The molecule has 0 unspecified atom stereocenters. The summed E-state index contributed by atoms with van der Waals surface area (Å²) in [4.78, 5) is 22.1. The minimum Gasteiger partial charge on any atom is -0.481 e. The molecule has 0 aromatic carbocycles. The van der Waals surface area contributed by atoms with E-state index in [1.54, 1.807) is 0 Å². The van der Waals surface area contributed by atoms with Crippen LogP contribution in [0.15, 0.2) is 0 Å². The topological polar surface area (TPSA) is 78.4 Å². The van der Waals surface area contributed by atoms with E-state index >= 15 is 0 Å². The van der Waals surface area contributed by atoms with Crippen LogP contribution >= 0.6 is 0 Å². The Morgan fingerprint density at radius 3 is 2.59 bits per heavy atom. The van der Waals surface area contributed by atoms with E-state index in [9.17, 15) is 9.59 Å². The summed E-state index contributed by atoms with van der Waals surface area (Å²) in [5, 5.41) is 14.3. The lowest BCUT2D eigenvalue weighted by Crippen LogP contribution is -2.45. The van der Waals surface area contributed by atoms with Crippen LogP contribution in [0.5, 0.6) is 0 Å². The molecule has 0 saturated heterocycles. The molecule has 0 heterocycles. The molecule has 94 valence electrons. The van der Waals surface area contributed by atoms with Crippen LogP contribution in [0, 0.1) is 17.8 Å². The van der Waals surface area contributed by atoms with E-state index in [1.807, 2.05) is 0 Å². The molecule has 0 aromatic heterocycles. The molecule has 1 aliphatic carbocycles. The Morgan fingerprint density at radius 1 is 1.41 bits per heavy atom. The van der Waals surface area contributed by atoms with Crippen LogP contribution in [0.3, 0.4) is 0 Å². The van der Waals surface area contributed by atoms with E-state index in [0.717, 1.165) is 19.3 Å². The number of aliphatic carboxylic acids is 1. The van der Waals surface area contributed by atoms with Crippen molar-refractivity contribution >= 4 is 11.9 Å². The molecule has 0 radical (unpaired) electrons. The first-order valence-corrected chi connectivity index (χ1v) is 5.71. The van der Waals surface area contributed by atoms with Gasteiger partial charge in [0.1, 0.15) is 0 Å². The Balaban J connectivity index is 2.26. The Kier molecular flexibility index (Phi) is 4.98. The van der Waals surface area contributed by atoms with Gasteiger partial charge < -0.3 is 10.4 Å². The zero-order chi connectivity index (χ0) is 12.7. The quantitative estimate of drug-likeness (QED) is 0.430. The highest BCUT2D eigenvalue weighted by atomic mass is 16.4. The Hall–Kier alpha value is -1.54. The molecule has 0 atom stereocenters. The van der Waals surface area contributed by atoms with Crippen LogP contribution in [0.2, 0.25) is 0 Å². The molecule has 3 N–H and O–H groups in total. The second kappa shape index (κ2) is 6.26. The maximum Gasteiger partial charge on any atom is 0.303 e. The second-order valence-electron chi connectivity index (χ2n) is 4.51. The van der Waals surface area contributed by atoms with Crippen LogP contribution < -0.4 is 10.6 Å². The summed E-state index contributed by atoms with van der Waals surface area (Å²) in [7, 11) is 0. The minimum atomic E-state index is -0.801. The van der Waals surface area contributed by atoms with Gasteiger partial charge in [-0.05, 0) is 18.3 Å². The third-order valence-electron chi connectivity index (χ3n) is 3.11. The summed E-state index contributed by atoms with van der Waals surface area (Å²) < 4.78 is 0. The minimum absolute atomic E-state index is 0.130. The Bertz CT molecular complexity index is 329. The lowest BCUT2D eigenvalue weighted by atomic mass is 9.66. The fraction of sp³-hybridized carbons (Fsp3) is 0.667. The molecule has 5 heteroatoms. The average molecular weight is 238 g/mol. The molecule has 17 heavy (non-hydrogen) atoms. The van der Waals surface area contributed by atoms with E-state index in [4.69, 9.17) is 11.5 Å². The molecule has 0 aromatic rings. The van der Waals surface area contributed by atoms with Crippen molar-refractivity contribution in [2.75, 3.05) is 19.6 Å². The Morgan fingerprint density at radius 2 is 2.12 bits per heavy atom. The van der Waals surface area contributed by atoms with E-state index < -0.39 is 5.97 Å². The summed E-state index contributed by atoms with van der Waals surface area (Å²) in [6.07, 6.45) is 7.95. The largest absolute Gasteiger partial charge is 0.481 e. The van der Waals surface area contributed by atoms with E-state index in [0.29, 0.717) is 13.1 Å². The number of amides is 1. The number of hydrogen-bond donors (Lipinski definition) is 3. The number of carboxylic acids is 1. The number of carbonyl (C=O) groups excluding carboxylic acids is 1. The van der Waals surface area contributed by atoms with Gasteiger partial charge in [0.05, 0.1) is 19.5 Å². The van der Waals surface area contributed by atoms with Gasteiger partial charge in [0.2, 0.25) is 5.91 Å².